The smallest absolute Gasteiger partial charge is 0.158 e. The minimum atomic E-state index is -0.525. The van der Waals surface area contributed by atoms with Crippen LogP contribution in [0.25, 0.3) is 0 Å². The lowest BCUT2D eigenvalue weighted by atomic mass is 10.3. The van der Waals surface area contributed by atoms with Crippen LogP contribution in [0.5, 0.6) is 0 Å². The molecule has 62 valence electrons. The van der Waals surface area contributed by atoms with Crippen molar-refractivity contribution in [1.29, 1.82) is 0 Å². The van der Waals surface area contributed by atoms with Gasteiger partial charge in [0.1, 0.15) is 5.69 Å². The molecular weight excluding hydrogens is 179 g/mol. The number of pyridine rings is 1. The van der Waals surface area contributed by atoms with E-state index in [0.29, 0.717) is 0 Å². The van der Waals surface area contributed by atoms with Gasteiger partial charge in [-0.3, -0.25) is 0 Å². The molecule has 0 aromatic carbocycles. The fraction of sp³-hybridized carbons (Fsp3) is 0.125. The van der Waals surface area contributed by atoms with Crippen LogP contribution in [0.4, 0.5) is 4.39 Å². The standard InChI is InChI=1S/C8H6ClFN2/c9-6-4-7(10)8(12-5-6)2-1-3-11/h4-5H,3,11H2. The van der Waals surface area contributed by atoms with Crippen LogP contribution in [-0.4, -0.2) is 11.5 Å². The third-order valence-corrected chi connectivity index (χ3v) is 1.32. The molecule has 12 heavy (non-hydrogen) atoms. The fourth-order valence-electron chi connectivity index (χ4n) is 0.641. The highest BCUT2D eigenvalue weighted by Gasteiger charge is 1.99. The molecule has 1 aromatic rings. The number of rotatable bonds is 0. The van der Waals surface area contributed by atoms with Crippen molar-refractivity contribution in [2.24, 2.45) is 5.73 Å². The van der Waals surface area contributed by atoms with E-state index in [1.54, 1.807) is 0 Å². The number of nitrogens with two attached hydrogens (primary N) is 1. The molecule has 1 rings (SSSR count). The molecule has 2 N–H and O–H groups in total. The molecular formula is C8H6ClFN2. The van der Waals surface area contributed by atoms with Crippen LogP contribution in [0.2, 0.25) is 5.02 Å². The van der Waals surface area contributed by atoms with Crippen molar-refractivity contribution in [1.82, 2.24) is 4.98 Å². The average molecular weight is 185 g/mol. The number of hydrogen-bond acceptors (Lipinski definition) is 2. The molecule has 0 fully saturated rings. The van der Waals surface area contributed by atoms with Gasteiger partial charge in [0.25, 0.3) is 0 Å². The van der Waals surface area contributed by atoms with Crippen LogP contribution in [-0.2, 0) is 0 Å². The van der Waals surface area contributed by atoms with E-state index in [0.717, 1.165) is 6.07 Å². The lowest BCUT2D eigenvalue weighted by Gasteiger charge is -1.92. The van der Waals surface area contributed by atoms with Crippen LogP contribution < -0.4 is 5.73 Å². The minimum Gasteiger partial charge on any atom is -0.320 e. The zero-order chi connectivity index (χ0) is 8.97. The Kier molecular flexibility index (Phi) is 3.03. The van der Waals surface area contributed by atoms with Crippen molar-refractivity contribution >= 4 is 11.6 Å². The molecule has 0 radical (unpaired) electrons. The van der Waals surface area contributed by atoms with Crippen molar-refractivity contribution in [2.75, 3.05) is 6.54 Å². The van der Waals surface area contributed by atoms with E-state index in [2.05, 4.69) is 16.8 Å². The molecule has 0 saturated heterocycles. The molecule has 0 bridgehead atoms. The minimum absolute atomic E-state index is 0.0739. The summed E-state index contributed by atoms with van der Waals surface area (Å²) in [6.45, 7) is 0.184. The van der Waals surface area contributed by atoms with E-state index >= 15 is 0 Å². The molecule has 0 saturated carbocycles. The molecule has 0 aliphatic heterocycles. The van der Waals surface area contributed by atoms with Gasteiger partial charge in [0.15, 0.2) is 5.82 Å². The van der Waals surface area contributed by atoms with E-state index in [-0.39, 0.29) is 17.3 Å². The Bertz CT molecular complexity index is 341. The largest absolute Gasteiger partial charge is 0.320 e. The first-order valence-electron chi connectivity index (χ1n) is 3.24. The Hall–Kier alpha value is -1.11. The van der Waals surface area contributed by atoms with Crippen LogP contribution >= 0.6 is 11.6 Å². The number of hydrogen-bond donors (Lipinski definition) is 1. The summed E-state index contributed by atoms with van der Waals surface area (Å²) < 4.78 is 12.9. The Morgan fingerprint density at radius 2 is 2.42 bits per heavy atom. The lowest BCUT2D eigenvalue weighted by molar-refractivity contribution is 0.617. The molecule has 1 aromatic heterocycles. The molecule has 0 amide bonds. The summed E-state index contributed by atoms with van der Waals surface area (Å²) in [7, 11) is 0. The molecule has 0 unspecified atom stereocenters. The number of halogens is 2. The maximum atomic E-state index is 12.9. The number of nitrogens with zero attached hydrogens (tertiary/aromatic N) is 1. The zero-order valence-corrected chi connectivity index (χ0v) is 6.90. The third kappa shape index (κ3) is 2.19. The second-order valence-electron chi connectivity index (χ2n) is 1.99. The van der Waals surface area contributed by atoms with Gasteiger partial charge in [0, 0.05) is 6.20 Å². The van der Waals surface area contributed by atoms with E-state index in [1.807, 2.05) is 0 Å². The molecule has 1 heterocycles. The summed E-state index contributed by atoms with van der Waals surface area (Å²) in [6.07, 6.45) is 1.34. The molecule has 0 aliphatic carbocycles. The van der Waals surface area contributed by atoms with Crippen molar-refractivity contribution in [3.8, 4) is 11.8 Å². The predicted octanol–water partition coefficient (Wildman–Crippen LogP) is 1.18. The number of aromatic nitrogens is 1. The zero-order valence-electron chi connectivity index (χ0n) is 6.14. The van der Waals surface area contributed by atoms with Crippen molar-refractivity contribution in [3.05, 3.63) is 28.8 Å². The van der Waals surface area contributed by atoms with Gasteiger partial charge in [-0.1, -0.05) is 17.5 Å². The van der Waals surface area contributed by atoms with Crippen LogP contribution in [0.15, 0.2) is 12.3 Å². The summed E-state index contributed by atoms with van der Waals surface area (Å²) in [5.41, 5.74) is 5.18. The Balaban J connectivity index is 3.01. The van der Waals surface area contributed by atoms with Crippen molar-refractivity contribution < 1.29 is 4.39 Å². The summed E-state index contributed by atoms with van der Waals surface area (Å²) in [4.78, 5) is 3.68. The van der Waals surface area contributed by atoms with Crippen molar-refractivity contribution in [3.63, 3.8) is 0 Å². The summed E-state index contributed by atoms with van der Waals surface area (Å²) in [5.74, 6) is 4.45. The fourth-order valence-corrected chi connectivity index (χ4v) is 0.786. The predicted molar refractivity (Wildman–Crippen MR) is 45.1 cm³/mol. The average Bonchev–Trinajstić information content (AvgIpc) is 2.03. The van der Waals surface area contributed by atoms with Crippen LogP contribution in [0.1, 0.15) is 5.69 Å². The first-order valence-corrected chi connectivity index (χ1v) is 3.62. The Morgan fingerprint density at radius 1 is 1.67 bits per heavy atom. The quantitative estimate of drug-likeness (QED) is 0.615. The second-order valence-corrected chi connectivity index (χ2v) is 2.43. The van der Waals surface area contributed by atoms with E-state index in [9.17, 15) is 4.39 Å². The van der Waals surface area contributed by atoms with E-state index in [1.165, 1.54) is 6.20 Å². The van der Waals surface area contributed by atoms with E-state index in [4.69, 9.17) is 17.3 Å². The van der Waals surface area contributed by atoms with Crippen molar-refractivity contribution in [2.45, 2.75) is 0 Å². The highest BCUT2D eigenvalue weighted by Crippen LogP contribution is 2.10. The first kappa shape index (κ1) is 8.98. The van der Waals surface area contributed by atoms with Crippen LogP contribution in [0, 0.1) is 17.7 Å². The molecule has 0 atom stereocenters. The molecule has 0 aliphatic rings. The maximum absolute atomic E-state index is 12.9. The Labute approximate surface area is 74.6 Å². The van der Waals surface area contributed by atoms with E-state index < -0.39 is 5.82 Å². The summed E-state index contributed by atoms with van der Waals surface area (Å²) >= 11 is 5.48. The van der Waals surface area contributed by atoms with Gasteiger partial charge in [-0.2, -0.15) is 0 Å². The van der Waals surface area contributed by atoms with Gasteiger partial charge < -0.3 is 5.73 Å². The van der Waals surface area contributed by atoms with Gasteiger partial charge in [-0.05, 0) is 12.0 Å². The lowest BCUT2D eigenvalue weighted by Crippen LogP contribution is -1.94. The highest BCUT2D eigenvalue weighted by atomic mass is 35.5. The second kappa shape index (κ2) is 4.05. The topological polar surface area (TPSA) is 38.9 Å². The van der Waals surface area contributed by atoms with Gasteiger partial charge in [-0.25, -0.2) is 9.37 Å². The SMILES string of the molecule is NCC#Cc1ncc(Cl)cc1F. The molecule has 4 heteroatoms. The first-order chi connectivity index (χ1) is 5.74. The van der Waals surface area contributed by atoms with Gasteiger partial charge >= 0.3 is 0 Å². The highest BCUT2D eigenvalue weighted by molar-refractivity contribution is 6.30. The monoisotopic (exact) mass is 184 g/mol. The normalized spacial score (nSPS) is 8.92. The van der Waals surface area contributed by atoms with Gasteiger partial charge in [0.2, 0.25) is 0 Å². The van der Waals surface area contributed by atoms with Crippen LogP contribution in [0.3, 0.4) is 0 Å². The Morgan fingerprint density at radius 3 is 3.00 bits per heavy atom. The van der Waals surface area contributed by atoms with Gasteiger partial charge in [0.05, 0.1) is 11.6 Å². The summed E-state index contributed by atoms with van der Waals surface area (Å²) in [5, 5.41) is 0.255. The molecule has 2 nitrogen and oxygen atoms in total. The molecule has 0 spiro atoms. The maximum Gasteiger partial charge on any atom is 0.158 e. The van der Waals surface area contributed by atoms with Gasteiger partial charge in [-0.15, -0.1) is 0 Å². The summed E-state index contributed by atoms with van der Waals surface area (Å²) in [6, 6.07) is 1.16. The third-order valence-electron chi connectivity index (χ3n) is 1.12.